The highest BCUT2D eigenvalue weighted by Gasteiger charge is 2.16. The number of carboxylic acid groups (broad SMARTS) is 1. The number of methoxy groups -OCH3 is 1. The Morgan fingerprint density at radius 3 is 2.55 bits per heavy atom. The molecule has 0 saturated carbocycles. The van der Waals surface area contributed by atoms with E-state index in [0.717, 1.165) is 6.07 Å². The van der Waals surface area contributed by atoms with Gasteiger partial charge in [-0.1, -0.05) is 11.6 Å². The molecule has 2 aromatic rings. The summed E-state index contributed by atoms with van der Waals surface area (Å²) in [5.41, 5.74) is -0.843. The van der Waals surface area contributed by atoms with Crippen molar-refractivity contribution < 1.29 is 28.2 Å². The first-order valence-electron chi connectivity index (χ1n) is 6.10. The predicted octanol–water partition coefficient (Wildman–Crippen LogP) is 3.90. The van der Waals surface area contributed by atoms with Crippen LogP contribution in [-0.4, -0.2) is 18.2 Å². The van der Waals surface area contributed by atoms with Crippen molar-refractivity contribution in [2.24, 2.45) is 0 Å². The standard InChI is InChI=1S/C15H11ClF2O4/c1-21-14-5-9(16)2-3-13(14)22-7-8-4-12(18)10(15(19)20)6-11(8)17/h2-6H,7H2,1H3,(H,19,20). The molecular formula is C15H11ClF2O4. The van der Waals surface area contributed by atoms with E-state index in [-0.39, 0.29) is 12.2 Å². The lowest BCUT2D eigenvalue weighted by Gasteiger charge is -2.12. The summed E-state index contributed by atoms with van der Waals surface area (Å²) in [7, 11) is 1.42. The van der Waals surface area contributed by atoms with Gasteiger partial charge in [0, 0.05) is 16.7 Å². The number of hydrogen-bond acceptors (Lipinski definition) is 3. The van der Waals surface area contributed by atoms with Crippen molar-refractivity contribution in [1.82, 2.24) is 0 Å². The van der Waals surface area contributed by atoms with Gasteiger partial charge in [-0.15, -0.1) is 0 Å². The number of carboxylic acids is 1. The number of benzene rings is 2. The average Bonchev–Trinajstić information content (AvgIpc) is 2.48. The van der Waals surface area contributed by atoms with Crippen LogP contribution in [0.5, 0.6) is 11.5 Å². The minimum absolute atomic E-state index is 0.112. The Balaban J connectivity index is 2.22. The summed E-state index contributed by atoms with van der Waals surface area (Å²) in [6.45, 7) is -0.291. The maximum Gasteiger partial charge on any atom is 0.338 e. The third kappa shape index (κ3) is 3.46. The molecule has 0 heterocycles. The van der Waals surface area contributed by atoms with E-state index in [1.54, 1.807) is 6.07 Å². The van der Waals surface area contributed by atoms with Crippen LogP contribution in [0.3, 0.4) is 0 Å². The zero-order chi connectivity index (χ0) is 16.3. The summed E-state index contributed by atoms with van der Waals surface area (Å²) in [4.78, 5) is 10.7. The first-order chi connectivity index (χ1) is 10.4. The normalized spacial score (nSPS) is 10.4. The quantitative estimate of drug-likeness (QED) is 0.904. The fourth-order valence-corrected chi connectivity index (χ4v) is 1.94. The van der Waals surface area contributed by atoms with Crippen LogP contribution in [0.25, 0.3) is 0 Å². The van der Waals surface area contributed by atoms with E-state index in [0.29, 0.717) is 22.6 Å². The minimum atomic E-state index is -1.54. The summed E-state index contributed by atoms with van der Waals surface area (Å²) in [6, 6.07) is 6.02. The van der Waals surface area contributed by atoms with Gasteiger partial charge in [0.25, 0.3) is 0 Å². The molecule has 0 saturated heterocycles. The van der Waals surface area contributed by atoms with Crippen LogP contribution in [0.15, 0.2) is 30.3 Å². The highest BCUT2D eigenvalue weighted by Crippen LogP contribution is 2.31. The van der Waals surface area contributed by atoms with Crippen LogP contribution in [0.1, 0.15) is 15.9 Å². The molecule has 116 valence electrons. The van der Waals surface area contributed by atoms with Gasteiger partial charge < -0.3 is 14.6 Å². The Bertz CT molecular complexity index is 719. The van der Waals surface area contributed by atoms with Crippen LogP contribution >= 0.6 is 11.6 Å². The maximum atomic E-state index is 13.8. The summed E-state index contributed by atoms with van der Waals surface area (Å²) in [5, 5.41) is 9.15. The maximum absolute atomic E-state index is 13.8. The number of carbonyl (C=O) groups is 1. The molecule has 7 heteroatoms. The monoisotopic (exact) mass is 328 g/mol. The summed E-state index contributed by atoms with van der Waals surface area (Å²) >= 11 is 5.81. The third-order valence-electron chi connectivity index (χ3n) is 2.88. The van der Waals surface area contributed by atoms with Crippen molar-refractivity contribution >= 4 is 17.6 Å². The highest BCUT2D eigenvalue weighted by atomic mass is 35.5. The van der Waals surface area contributed by atoms with Crippen molar-refractivity contribution in [3.63, 3.8) is 0 Å². The smallest absolute Gasteiger partial charge is 0.338 e. The van der Waals surface area contributed by atoms with Crippen molar-refractivity contribution in [1.29, 1.82) is 0 Å². The molecule has 2 rings (SSSR count). The van der Waals surface area contributed by atoms with Crippen molar-refractivity contribution in [3.8, 4) is 11.5 Å². The van der Waals surface area contributed by atoms with Gasteiger partial charge in [0.2, 0.25) is 0 Å². The molecule has 0 unspecified atom stereocenters. The second-order valence-corrected chi connectivity index (χ2v) is 4.75. The van der Waals surface area contributed by atoms with E-state index >= 15 is 0 Å². The molecule has 0 aromatic heterocycles. The average molecular weight is 329 g/mol. The second kappa shape index (κ2) is 6.62. The van der Waals surface area contributed by atoms with Crippen LogP contribution in [-0.2, 0) is 6.61 Å². The number of hydrogen-bond donors (Lipinski definition) is 1. The Labute approximate surface area is 129 Å². The fourth-order valence-electron chi connectivity index (χ4n) is 1.78. The van der Waals surface area contributed by atoms with Crippen LogP contribution in [0, 0.1) is 11.6 Å². The molecule has 0 aliphatic heterocycles. The topological polar surface area (TPSA) is 55.8 Å². The van der Waals surface area contributed by atoms with Gasteiger partial charge in [-0.25, -0.2) is 13.6 Å². The largest absolute Gasteiger partial charge is 0.493 e. The van der Waals surface area contributed by atoms with Crippen LogP contribution < -0.4 is 9.47 Å². The second-order valence-electron chi connectivity index (χ2n) is 4.31. The van der Waals surface area contributed by atoms with Gasteiger partial charge in [0.05, 0.1) is 12.7 Å². The molecule has 1 N–H and O–H groups in total. The van der Waals surface area contributed by atoms with E-state index in [9.17, 15) is 13.6 Å². The van der Waals surface area contributed by atoms with Gasteiger partial charge in [-0.3, -0.25) is 0 Å². The number of ether oxygens (including phenoxy) is 2. The minimum Gasteiger partial charge on any atom is -0.493 e. The van der Waals surface area contributed by atoms with Crippen LogP contribution in [0.4, 0.5) is 8.78 Å². The van der Waals surface area contributed by atoms with Crippen molar-refractivity contribution in [2.75, 3.05) is 7.11 Å². The zero-order valence-electron chi connectivity index (χ0n) is 11.4. The molecule has 0 spiro atoms. The lowest BCUT2D eigenvalue weighted by molar-refractivity contribution is 0.0691. The van der Waals surface area contributed by atoms with E-state index < -0.39 is 23.2 Å². The predicted molar refractivity (Wildman–Crippen MR) is 75.7 cm³/mol. The van der Waals surface area contributed by atoms with Crippen LogP contribution in [0.2, 0.25) is 5.02 Å². The molecule has 2 aromatic carbocycles. The summed E-state index contributed by atoms with van der Waals surface area (Å²) < 4.78 is 37.8. The molecule has 0 aliphatic carbocycles. The van der Waals surface area contributed by atoms with Crippen molar-refractivity contribution in [3.05, 3.63) is 58.1 Å². The molecule has 0 amide bonds. The molecule has 0 aliphatic rings. The number of aromatic carboxylic acids is 1. The lowest BCUT2D eigenvalue weighted by atomic mass is 10.1. The lowest BCUT2D eigenvalue weighted by Crippen LogP contribution is -2.06. The SMILES string of the molecule is COc1cc(Cl)ccc1OCc1cc(F)c(C(=O)O)cc1F. The first kappa shape index (κ1) is 16.0. The van der Waals surface area contributed by atoms with Gasteiger partial charge in [0.1, 0.15) is 18.2 Å². The Morgan fingerprint density at radius 1 is 1.18 bits per heavy atom. The number of rotatable bonds is 5. The fraction of sp³-hybridized carbons (Fsp3) is 0.133. The van der Waals surface area contributed by atoms with Gasteiger partial charge >= 0.3 is 5.97 Å². The third-order valence-corrected chi connectivity index (χ3v) is 3.11. The van der Waals surface area contributed by atoms with Gasteiger partial charge in [-0.2, -0.15) is 0 Å². The Kier molecular flexibility index (Phi) is 4.82. The molecule has 4 nitrogen and oxygen atoms in total. The molecular weight excluding hydrogens is 318 g/mol. The molecule has 0 atom stereocenters. The Morgan fingerprint density at radius 2 is 1.91 bits per heavy atom. The first-order valence-corrected chi connectivity index (χ1v) is 6.47. The van der Waals surface area contributed by atoms with E-state index in [4.69, 9.17) is 26.2 Å². The van der Waals surface area contributed by atoms with Crippen molar-refractivity contribution in [2.45, 2.75) is 6.61 Å². The van der Waals surface area contributed by atoms with Gasteiger partial charge in [0.15, 0.2) is 11.5 Å². The molecule has 0 fully saturated rings. The molecule has 0 bridgehead atoms. The van der Waals surface area contributed by atoms with E-state index in [2.05, 4.69) is 0 Å². The zero-order valence-corrected chi connectivity index (χ0v) is 12.2. The van der Waals surface area contributed by atoms with E-state index in [1.165, 1.54) is 19.2 Å². The Hall–Kier alpha value is -2.34. The molecule has 0 radical (unpaired) electrons. The molecule has 22 heavy (non-hydrogen) atoms. The summed E-state index contributed by atoms with van der Waals surface area (Å²) in [5.74, 6) is -2.80. The number of halogens is 3. The highest BCUT2D eigenvalue weighted by molar-refractivity contribution is 6.30. The summed E-state index contributed by atoms with van der Waals surface area (Å²) in [6.07, 6.45) is 0. The van der Waals surface area contributed by atoms with E-state index in [1.807, 2.05) is 0 Å². The van der Waals surface area contributed by atoms with Gasteiger partial charge in [-0.05, 0) is 24.3 Å².